The zero-order valence-electron chi connectivity index (χ0n) is 24.4. The van der Waals surface area contributed by atoms with Gasteiger partial charge >= 0.3 is 0 Å². The fourth-order valence-corrected chi connectivity index (χ4v) is 5.93. The number of hydrogen-bond donors (Lipinski definition) is 3. The number of fused-ring (bicyclic) bond motifs is 1. The molecule has 0 aliphatic carbocycles. The zero-order chi connectivity index (χ0) is 29.1. The van der Waals surface area contributed by atoms with E-state index in [9.17, 15) is 14.4 Å². The minimum Gasteiger partial charge on any atom is -0.381 e. The number of likely N-dealkylation sites (N-methyl/N-ethyl adjacent to an activating group) is 1. The minimum absolute atomic E-state index is 0.145. The largest absolute Gasteiger partial charge is 0.381 e. The van der Waals surface area contributed by atoms with Crippen LogP contribution in [0.5, 0.6) is 0 Å². The highest BCUT2D eigenvalue weighted by atomic mass is 32.1. The summed E-state index contributed by atoms with van der Waals surface area (Å²) in [6.45, 7) is 15.6. The third-order valence-corrected chi connectivity index (χ3v) is 8.57. The highest BCUT2D eigenvalue weighted by Gasteiger charge is 2.30. The number of carbonyl (C=O) groups excluding carboxylic acids is 3. The molecule has 1 fully saturated rings. The Morgan fingerprint density at radius 1 is 1.12 bits per heavy atom. The molecular weight excluding hydrogens is 526 g/mol. The number of hydrogen-bond acceptors (Lipinski definition) is 7. The number of nitrogens with one attached hydrogen (secondary N) is 3. The van der Waals surface area contributed by atoms with Crippen LogP contribution in [0.4, 0.5) is 0 Å². The molecule has 10 heteroatoms. The van der Waals surface area contributed by atoms with E-state index in [4.69, 9.17) is 9.72 Å². The summed E-state index contributed by atoms with van der Waals surface area (Å²) in [5.74, 6) is -0.539. The van der Waals surface area contributed by atoms with Crippen LogP contribution in [0.3, 0.4) is 0 Å². The van der Waals surface area contributed by atoms with Gasteiger partial charge in [-0.3, -0.25) is 19.3 Å². The van der Waals surface area contributed by atoms with Gasteiger partial charge in [-0.05, 0) is 56.0 Å². The van der Waals surface area contributed by atoms with Gasteiger partial charge in [-0.15, -0.1) is 11.3 Å². The second-order valence-electron chi connectivity index (χ2n) is 10.3. The van der Waals surface area contributed by atoms with Crippen molar-refractivity contribution >= 4 is 39.3 Å². The summed E-state index contributed by atoms with van der Waals surface area (Å²) >= 11 is 1.55. The van der Waals surface area contributed by atoms with Crippen LogP contribution in [0.1, 0.15) is 57.5 Å². The SMILES string of the molecule is C=C(CN(CC)CC)C(=O)NCC(NC(=O)[C@H](Cc1nc2ccc(CC)cc2s1)NC(=O)CC)C1CCOCC1. The first-order valence-electron chi connectivity index (χ1n) is 14.5. The lowest BCUT2D eigenvalue weighted by Gasteiger charge is -2.32. The molecular formula is C30H45N5O4S. The quantitative estimate of drug-likeness (QED) is 0.283. The summed E-state index contributed by atoms with van der Waals surface area (Å²) in [7, 11) is 0. The fraction of sp³-hybridized carbons (Fsp3) is 0.600. The van der Waals surface area contributed by atoms with Gasteiger partial charge in [0.1, 0.15) is 6.04 Å². The smallest absolute Gasteiger partial charge is 0.247 e. The van der Waals surface area contributed by atoms with E-state index in [0.29, 0.717) is 31.8 Å². The number of carbonyl (C=O) groups is 3. The number of amides is 3. The molecule has 1 aliphatic heterocycles. The summed E-state index contributed by atoms with van der Waals surface area (Å²) in [4.78, 5) is 45.7. The van der Waals surface area contributed by atoms with E-state index in [2.05, 4.69) is 60.3 Å². The normalized spacial score (nSPS) is 15.5. The van der Waals surface area contributed by atoms with Crippen molar-refractivity contribution in [2.75, 3.05) is 39.4 Å². The fourth-order valence-electron chi connectivity index (χ4n) is 4.86. The van der Waals surface area contributed by atoms with Crippen molar-refractivity contribution in [3.63, 3.8) is 0 Å². The highest BCUT2D eigenvalue weighted by Crippen LogP contribution is 2.25. The van der Waals surface area contributed by atoms with Gasteiger partial charge in [0, 0.05) is 50.8 Å². The molecule has 2 atom stereocenters. The highest BCUT2D eigenvalue weighted by molar-refractivity contribution is 7.18. The third kappa shape index (κ3) is 9.11. The van der Waals surface area contributed by atoms with E-state index < -0.39 is 6.04 Å². The standard InChI is InChI=1S/C30H45N5O4S/c1-6-21-10-11-23-26(16-21)40-28(33-23)17-24(32-27(36)7-2)30(38)34-25(22-12-14-39-15-13-22)18-31-29(37)20(5)19-35(8-3)9-4/h10-11,16,22,24-25H,5-9,12-15,17-19H2,1-4H3,(H,31,37)(H,32,36)(H,34,38)/t24-,25?/m0/s1. The molecule has 2 heterocycles. The first kappa shape index (κ1) is 31.7. The molecule has 3 amide bonds. The van der Waals surface area contributed by atoms with Crippen LogP contribution in [0.15, 0.2) is 30.4 Å². The van der Waals surface area contributed by atoms with Crippen molar-refractivity contribution in [1.82, 2.24) is 25.8 Å². The average Bonchev–Trinajstić information content (AvgIpc) is 3.38. The first-order chi connectivity index (χ1) is 19.3. The Hall–Kier alpha value is -2.82. The van der Waals surface area contributed by atoms with Crippen LogP contribution in [-0.4, -0.2) is 79.1 Å². The number of aromatic nitrogens is 1. The second-order valence-corrected chi connectivity index (χ2v) is 11.4. The molecule has 3 rings (SSSR count). The van der Waals surface area contributed by atoms with Gasteiger partial charge in [-0.1, -0.05) is 40.3 Å². The first-order valence-corrected chi connectivity index (χ1v) is 15.3. The third-order valence-electron chi connectivity index (χ3n) is 7.53. The van der Waals surface area contributed by atoms with Gasteiger partial charge in [0.2, 0.25) is 17.7 Å². The molecule has 0 bridgehead atoms. The summed E-state index contributed by atoms with van der Waals surface area (Å²) in [5, 5.41) is 9.83. The molecule has 2 aromatic rings. The zero-order valence-corrected chi connectivity index (χ0v) is 25.2. The molecule has 0 radical (unpaired) electrons. The van der Waals surface area contributed by atoms with E-state index in [1.807, 2.05) is 6.07 Å². The number of aryl methyl sites for hydroxylation is 1. The molecule has 1 unspecified atom stereocenters. The minimum atomic E-state index is -0.769. The predicted molar refractivity (Wildman–Crippen MR) is 160 cm³/mol. The van der Waals surface area contributed by atoms with Crippen molar-refractivity contribution in [2.45, 2.75) is 71.9 Å². The van der Waals surface area contributed by atoms with Crippen molar-refractivity contribution < 1.29 is 19.1 Å². The summed E-state index contributed by atoms with van der Waals surface area (Å²) in [6.07, 6.45) is 3.08. The van der Waals surface area contributed by atoms with Crippen LogP contribution < -0.4 is 16.0 Å². The molecule has 0 spiro atoms. The van der Waals surface area contributed by atoms with Crippen LogP contribution in [0.2, 0.25) is 0 Å². The van der Waals surface area contributed by atoms with E-state index in [-0.39, 0.29) is 42.6 Å². The summed E-state index contributed by atoms with van der Waals surface area (Å²) in [6, 6.07) is 5.14. The van der Waals surface area contributed by atoms with Crippen LogP contribution >= 0.6 is 11.3 Å². The van der Waals surface area contributed by atoms with Gasteiger partial charge in [0.25, 0.3) is 0 Å². The summed E-state index contributed by atoms with van der Waals surface area (Å²) in [5.41, 5.74) is 2.62. The maximum absolute atomic E-state index is 13.7. The van der Waals surface area contributed by atoms with E-state index >= 15 is 0 Å². The van der Waals surface area contributed by atoms with Gasteiger partial charge in [-0.25, -0.2) is 4.98 Å². The van der Waals surface area contributed by atoms with Gasteiger partial charge in [0.05, 0.1) is 15.2 Å². The Morgan fingerprint density at radius 2 is 1.85 bits per heavy atom. The Labute approximate surface area is 242 Å². The van der Waals surface area contributed by atoms with E-state index in [0.717, 1.165) is 47.6 Å². The molecule has 9 nitrogen and oxygen atoms in total. The molecule has 1 aromatic carbocycles. The molecule has 1 aliphatic rings. The number of ether oxygens (including phenoxy) is 1. The van der Waals surface area contributed by atoms with Crippen LogP contribution in [0, 0.1) is 5.92 Å². The monoisotopic (exact) mass is 571 g/mol. The average molecular weight is 572 g/mol. The van der Waals surface area contributed by atoms with E-state index in [1.54, 1.807) is 18.3 Å². The Balaban J connectivity index is 1.73. The maximum Gasteiger partial charge on any atom is 0.247 e. The van der Waals surface area contributed by atoms with Crippen LogP contribution in [-0.2, 0) is 32.0 Å². The van der Waals surface area contributed by atoms with Gasteiger partial charge < -0.3 is 20.7 Å². The van der Waals surface area contributed by atoms with Gasteiger partial charge in [0.15, 0.2) is 0 Å². The van der Waals surface area contributed by atoms with Crippen molar-refractivity contribution in [3.8, 4) is 0 Å². The van der Waals surface area contributed by atoms with Crippen molar-refractivity contribution in [3.05, 3.63) is 40.9 Å². The van der Waals surface area contributed by atoms with E-state index in [1.165, 1.54) is 5.56 Å². The molecule has 3 N–H and O–H groups in total. The number of thiazole rings is 1. The van der Waals surface area contributed by atoms with Gasteiger partial charge in [-0.2, -0.15) is 0 Å². The molecule has 220 valence electrons. The molecule has 0 saturated carbocycles. The topological polar surface area (TPSA) is 113 Å². The van der Waals surface area contributed by atoms with Crippen molar-refractivity contribution in [1.29, 1.82) is 0 Å². The predicted octanol–water partition coefficient (Wildman–Crippen LogP) is 3.22. The summed E-state index contributed by atoms with van der Waals surface area (Å²) < 4.78 is 6.61. The number of nitrogens with zero attached hydrogens (tertiary/aromatic N) is 2. The lowest BCUT2D eigenvalue weighted by atomic mass is 9.91. The Kier molecular flexibility index (Phi) is 12.5. The number of rotatable bonds is 15. The van der Waals surface area contributed by atoms with Crippen molar-refractivity contribution in [2.24, 2.45) is 5.92 Å². The molecule has 1 saturated heterocycles. The Bertz CT molecular complexity index is 1160. The lowest BCUT2D eigenvalue weighted by molar-refractivity contribution is -0.129. The molecule has 1 aromatic heterocycles. The van der Waals surface area contributed by atoms with Crippen LogP contribution in [0.25, 0.3) is 10.2 Å². The number of benzene rings is 1. The molecule has 40 heavy (non-hydrogen) atoms. The lowest BCUT2D eigenvalue weighted by Crippen LogP contribution is -2.55. The second kappa shape index (κ2) is 15.8. The Morgan fingerprint density at radius 3 is 2.50 bits per heavy atom. The maximum atomic E-state index is 13.7.